The average molecular weight is 565 g/mol. The van der Waals surface area contributed by atoms with E-state index >= 15 is 0 Å². The Morgan fingerprint density at radius 3 is 2.78 bits per heavy atom. The molecule has 2 aromatic heterocycles. The lowest BCUT2D eigenvalue weighted by atomic mass is 9.97. The van der Waals surface area contributed by atoms with Crippen LogP contribution in [0.5, 0.6) is 0 Å². The van der Waals surface area contributed by atoms with Gasteiger partial charge < -0.3 is 10.2 Å². The van der Waals surface area contributed by atoms with Gasteiger partial charge in [0.05, 0.1) is 16.4 Å². The van der Waals surface area contributed by atoms with E-state index in [1.54, 1.807) is 6.20 Å². The lowest BCUT2D eigenvalue weighted by Gasteiger charge is -2.33. The third-order valence-corrected chi connectivity index (χ3v) is 8.21. The maximum absolute atomic E-state index is 13.2. The van der Waals surface area contributed by atoms with Gasteiger partial charge in [-0.15, -0.1) is 0 Å². The molecule has 2 fully saturated rings. The van der Waals surface area contributed by atoms with E-state index in [0.717, 1.165) is 66.1 Å². The zero-order chi connectivity index (χ0) is 24.6. The minimum Gasteiger partial charge on any atom is -0.370 e. The first kappa shape index (κ1) is 23.5. The minimum atomic E-state index is 0.138. The van der Waals surface area contributed by atoms with Gasteiger partial charge in [0.2, 0.25) is 5.91 Å². The number of carbonyl (C=O) groups excluding carboxylic acids is 1. The Morgan fingerprint density at radius 2 is 1.94 bits per heavy atom. The summed E-state index contributed by atoms with van der Waals surface area (Å²) < 4.78 is 2.64. The summed E-state index contributed by atoms with van der Waals surface area (Å²) in [5.74, 6) is 2.07. The fourth-order valence-corrected chi connectivity index (χ4v) is 5.90. The van der Waals surface area contributed by atoms with Crippen LogP contribution in [-0.4, -0.2) is 45.0 Å². The predicted octanol–water partition coefficient (Wildman–Crippen LogP) is 6.27. The highest BCUT2D eigenvalue weighted by molar-refractivity contribution is 9.10. The van der Waals surface area contributed by atoms with Crippen LogP contribution < -0.4 is 5.32 Å². The highest BCUT2D eigenvalue weighted by atomic mass is 79.9. The fraction of sp³-hybridized carbons (Fsp3) is 0.321. The van der Waals surface area contributed by atoms with Gasteiger partial charge >= 0.3 is 0 Å². The number of hydrogen-bond donors (Lipinski definition) is 1. The number of nitrogens with zero attached hydrogens (tertiary/aromatic N) is 4. The molecular formula is C28H27BrClN5O. The first-order valence-electron chi connectivity index (χ1n) is 12.5. The first-order valence-corrected chi connectivity index (χ1v) is 13.6. The number of benzene rings is 2. The number of piperidine rings is 1. The van der Waals surface area contributed by atoms with E-state index in [-0.39, 0.29) is 5.92 Å². The normalized spacial score (nSPS) is 21.5. The molecule has 36 heavy (non-hydrogen) atoms. The van der Waals surface area contributed by atoms with Crippen molar-refractivity contribution in [3.05, 3.63) is 81.9 Å². The van der Waals surface area contributed by atoms with E-state index in [0.29, 0.717) is 22.8 Å². The SMILES string of the molecule is O=C(C1CC1c1ccccc1)N1CCCC(CNc2cc(-c3ccccc3Cl)nc3c(Br)cnn23)C1. The molecular weight excluding hydrogens is 538 g/mol. The van der Waals surface area contributed by atoms with Gasteiger partial charge in [0.1, 0.15) is 5.82 Å². The van der Waals surface area contributed by atoms with Gasteiger partial charge in [0, 0.05) is 42.2 Å². The number of fused-ring (bicyclic) bond motifs is 1. The van der Waals surface area contributed by atoms with Crippen molar-refractivity contribution < 1.29 is 4.79 Å². The number of aromatic nitrogens is 3. The summed E-state index contributed by atoms with van der Waals surface area (Å²) in [5.41, 5.74) is 3.69. The number of anilines is 1. The third kappa shape index (κ3) is 4.62. The van der Waals surface area contributed by atoms with E-state index in [2.05, 4.69) is 55.5 Å². The number of carbonyl (C=O) groups is 1. The zero-order valence-corrected chi connectivity index (χ0v) is 22.1. The van der Waals surface area contributed by atoms with E-state index in [9.17, 15) is 4.79 Å². The van der Waals surface area contributed by atoms with Gasteiger partial charge in [-0.1, -0.05) is 60.1 Å². The molecule has 1 aliphatic carbocycles. The van der Waals surface area contributed by atoms with Crippen molar-refractivity contribution in [2.45, 2.75) is 25.2 Å². The summed E-state index contributed by atoms with van der Waals surface area (Å²) in [4.78, 5) is 20.1. The summed E-state index contributed by atoms with van der Waals surface area (Å²) in [6, 6.07) is 20.1. The molecule has 3 heterocycles. The van der Waals surface area contributed by atoms with Crippen molar-refractivity contribution in [3.63, 3.8) is 0 Å². The van der Waals surface area contributed by atoms with E-state index < -0.39 is 0 Å². The Kier molecular flexibility index (Phi) is 6.44. The van der Waals surface area contributed by atoms with E-state index in [1.807, 2.05) is 40.9 Å². The molecule has 184 valence electrons. The zero-order valence-electron chi connectivity index (χ0n) is 19.8. The standard InChI is InChI=1S/C28H27BrClN5O/c29-23-16-32-35-26(14-25(33-27(23)35)20-10-4-5-11-24(20)30)31-15-18-7-6-12-34(17-18)28(36)22-13-21(22)19-8-2-1-3-9-19/h1-5,8-11,14,16,18,21-22,31H,6-7,12-13,15,17H2. The summed E-state index contributed by atoms with van der Waals surface area (Å²) in [6.07, 6.45) is 4.85. The van der Waals surface area contributed by atoms with E-state index in [1.165, 1.54) is 5.56 Å². The van der Waals surface area contributed by atoms with Gasteiger partial charge in [-0.2, -0.15) is 9.61 Å². The summed E-state index contributed by atoms with van der Waals surface area (Å²) in [7, 11) is 0. The third-order valence-electron chi connectivity index (χ3n) is 7.32. The van der Waals surface area contributed by atoms with Gasteiger partial charge in [-0.3, -0.25) is 4.79 Å². The number of rotatable bonds is 6. The number of likely N-dealkylation sites (tertiary alicyclic amines) is 1. The van der Waals surface area contributed by atoms with Crippen molar-refractivity contribution in [1.82, 2.24) is 19.5 Å². The lowest BCUT2D eigenvalue weighted by molar-refractivity contribution is -0.134. The van der Waals surface area contributed by atoms with Crippen LogP contribution in [0.4, 0.5) is 5.82 Å². The predicted molar refractivity (Wildman–Crippen MR) is 146 cm³/mol. The molecule has 2 aromatic carbocycles. The quantitative estimate of drug-likeness (QED) is 0.300. The first-order chi connectivity index (χ1) is 17.6. The topological polar surface area (TPSA) is 62.5 Å². The highest BCUT2D eigenvalue weighted by Gasteiger charge is 2.46. The maximum Gasteiger partial charge on any atom is 0.226 e. The summed E-state index contributed by atoms with van der Waals surface area (Å²) in [5, 5.41) is 8.75. The van der Waals surface area contributed by atoms with Gasteiger partial charge in [-0.25, -0.2) is 4.98 Å². The summed E-state index contributed by atoms with van der Waals surface area (Å²) >= 11 is 10.0. The number of halogens is 2. The van der Waals surface area contributed by atoms with Crippen molar-refractivity contribution in [3.8, 4) is 11.3 Å². The Hall–Kier alpha value is -2.90. The average Bonchev–Trinajstić information content (AvgIpc) is 3.64. The van der Waals surface area contributed by atoms with Gasteiger partial charge in [0.15, 0.2) is 5.65 Å². The molecule has 2 aliphatic rings. The molecule has 1 N–H and O–H groups in total. The Morgan fingerprint density at radius 1 is 1.14 bits per heavy atom. The lowest BCUT2D eigenvalue weighted by Crippen LogP contribution is -2.42. The van der Waals surface area contributed by atoms with E-state index in [4.69, 9.17) is 16.6 Å². The monoisotopic (exact) mass is 563 g/mol. The minimum absolute atomic E-state index is 0.138. The van der Waals surface area contributed by atoms with Crippen LogP contribution in [0, 0.1) is 11.8 Å². The molecule has 1 saturated heterocycles. The number of amides is 1. The van der Waals surface area contributed by atoms with Crippen molar-refractivity contribution in [2.75, 3.05) is 25.0 Å². The smallest absolute Gasteiger partial charge is 0.226 e. The van der Waals surface area contributed by atoms with Crippen LogP contribution in [0.25, 0.3) is 16.9 Å². The molecule has 4 aromatic rings. The summed E-state index contributed by atoms with van der Waals surface area (Å²) in [6.45, 7) is 2.41. The van der Waals surface area contributed by atoms with Crippen molar-refractivity contribution >= 4 is 44.9 Å². The van der Waals surface area contributed by atoms with Crippen LogP contribution in [0.15, 0.2) is 71.3 Å². The molecule has 0 bridgehead atoms. The molecule has 6 nitrogen and oxygen atoms in total. The molecule has 0 spiro atoms. The van der Waals surface area contributed by atoms with Crippen molar-refractivity contribution in [2.24, 2.45) is 11.8 Å². The Bertz CT molecular complexity index is 1410. The molecule has 1 aliphatic heterocycles. The van der Waals surface area contributed by atoms with Crippen LogP contribution in [0.2, 0.25) is 5.02 Å². The Labute approximate surface area is 223 Å². The number of hydrogen-bond acceptors (Lipinski definition) is 4. The second-order valence-corrected chi connectivity index (χ2v) is 11.0. The van der Waals surface area contributed by atoms with Crippen molar-refractivity contribution in [1.29, 1.82) is 0 Å². The van der Waals surface area contributed by atoms with Crippen LogP contribution in [0.1, 0.15) is 30.7 Å². The second-order valence-electron chi connectivity index (χ2n) is 9.77. The molecule has 1 amide bonds. The van der Waals surface area contributed by atoms with Gasteiger partial charge in [0.25, 0.3) is 0 Å². The maximum atomic E-state index is 13.2. The molecule has 0 radical (unpaired) electrons. The highest BCUT2D eigenvalue weighted by Crippen LogP contribution is 2.48. The molecule has 8 heteroatoms. The molecule has 3 unspecified atom stereocenters. The Balaban J connectivity index is 1.16. The second kappa shape index (κ2) is 9.87. The van der Waals surface area contributed by atoms with Gasteiger partial charge in [-0.05, 0) is 58.7 Å². The fourth-order valence-electron chi connectivity index (χ4n) is 5.32. The molecule has 3 atom stereocenters. The van der Waals surface area contributed by atoms with Crippen LogP contribution >= 0.6 is 27.5 Å². The largest absolute Gasteiger partial charge is 0.370 e. The van der Waals surface area contributed by atoms with Crippen LogP contribution in [-0.2, 0) is 4.79 Å². The molecule has 1 saturated carbocycles. The van der Waals surface area contributed by atoms with Crippen LogP contribution in [0.3, 0.4) is 0 Å². The molecule has 6 rings (SSSR count). The number of nitrogens with one attached hydrogen (secondary N) is 1.